The summed E-state index contributed by atoms with van der Waals surface area (Å²) in [6.45, 7) is 5.48. The largest absolute Gasteiger partial charge is 0.416 e. The van der Waals surface area contributed by atoms with Crippen molar-refractivity contribution in [2.75, 3.05) is 42.1 Å². The standard InChI is InChI=1S/C29H29F3N6O2/c1-18-7-8-21(36-27(39)19-5-4-6-20(15-19)29(30,31)32)16-24(18)37-28(40)23-17-35-26-22(9-10-34-26)25(23)33-11-14-38-12-2-3-13-38/h4-10,15-17H,2-3,11-14H2,1H3,(H,36,39)(H,37,40)(H2,33,34,35). The molecule has 1 fully saturated rings. The van der Waals surface area contributed by atoms with Gasteiger partial charge in [0.05, 0.1) is 16.8 Å². The van der Waals surface area contributed by atoms with Crippen LogP contribution in [0.2, 0.25) is 0 Å². The Labute approximate surface area is 229 Å². The van der Waals surface area contributed by atoms with Gasteiger partial charge in [0.15, 0.2) is 0 Å². The summed E-state index contributed by atoms with van der Waals surface area (Å²) in [5, 5.41) is 9.73. The number of nitrogens with one attached hydrogen (secondary N) is 4. The van der Waals surface area contributed by atoms with E-state index < -0.39 is 17.6 Å². The Kier molecular flexibility index (Phi) is 7.74. The number of nitrogens with zero attached hydrogens (tertiary/aromatic N) is 2. The van der Waals surface area contributed by atoms with Crippen LogP contribution in [0.3, 0.4) is 0 Å². The van der Waals surface area contributed by atoms with Crippen LogP contribution in [0.5, 0.6) is 0 Å². The predicted octanol–water partition coefficient (Wildman–Crippen LogP) is 5.90. The highest BCUT2D eigenvalue weighted by Gasteiger charge is 2.31. The molecule has 1 aliphatic rings. The molecule has 0 atom stereocenters. The van der Waals surface area contributed by atoms with Crippen molar-refractivity contribution in [1.82, 2.24) is 14.9 Å². The minimum Gasteiger partial charge on any atom is -0.382 e. The highest BCUT2D eigenvalue weighted by atomic mass is 19.4. The predicted molar refractivity (Wildman–Crippen MR) is 149 cm³/mol. The van der Waals surface area contributed by atoms with E-state index in [4.69, 9.17) is 0 Å². The number of carbonyl (C=O) groups is 2. The van der Waals surface area contributed by atoms with E-state index in [2.05, 4.69) is 30.8 Å². The smallest absolute Gasteiger partial charge is 0.382 e. The summed E-state index contributed by atoms with van der Waals surface area (Å²) in [4.78, 5) is 36.0. The van der Waals surface area contributed by atoms with Gasteiger partial charge in [0.25, 0.3) is 11.8 Å². The fourth-order valence-corrected chi connectivity index (χ4v) is 4.78. The number of hydrogen-bond donors (Lipinski definition) is 4. The van der Waals surface area contributed by atoms with E-state index in [1.54, 1.807) is 31.3 Å². The van der Waals surface area contributed by atoms with Gasteiger partial charge < -0.3 is 25.8 Å². The number of halogens is 3. The molecule has 0 radical (unpaired) electrons. The number of H-pyrrole nitrogens is 1. The molecule has 2 amide bonds. The minimum atomic E-state index is -4.56. The fraction of sp³-hybridized carbons (Fsp3) is 0.276. The lowest BCUT2D eigenvalue weighted by Gasteiger charge is -2.18. The quantitative estimate of drug-likeness (QED) is 0.219. The number of hydrogen-bond acceptors (Lipinski definition) is 5. The molecule has 1 aliphatic heterocycles. The third-order valence-electron chi connectivity index (χ3n) is 6.96. The minimum absolute atomic E-state index is 0.128. The molecule has 3 heterocycles. The first kappa shape index (κ1) is 27.2. The lowest BCUT2D eigenvalue weighted by Crippen LogP contribution is -2.26. The molecule has 4 aromatic rings. The lowest BCUT2D eigenvalue weighted by atomic mass is 10.1. The van der Waals surface area contributed by atoms with Crippen molar-refractivity contribution in [1.29, 1.82) is 0 Å². The summed E-state index contributed by atoms with van der Waals surface area (Å²) in [5.41, 5.74) is 2.18. The van der Waals surface area contributed by atoms with Gasteiger partial charge >= 0.3 is 6.18 Å². The molecule has 5 rings (SSSR count). The van der Waals surface area contributed by atoms with Gasteiger partial charge in [0, 0.05) is 47.8 Å². The molecule has 0 bridgehead atoms. The SMILES string of the molecule is Cc1ccc(NC(=O)c2cccc(C(F)(F)F)c2)cc1NC(=O)c1cnc2[nH]ccc2c1NCCN1CCCC1. The van der Waals surface area contributed by atoms with Gasteiger partial charge in [0.2, 0.25) is 0 Å². The number of alkyl halides is 3. The number of anilines is 3. The zero-order valence-electron chi connectivity index (χ0n) is 21.9. The van der Waals surface area contributed by atoms with Gasteiger partial charge in [-0.25, -0.2) is 4.98 Å². The van der Waals surface area contributed by atoms with Crippen molar-refractivity contribution in [3.05, 3.63) is 83.2 Å². The fourth-order valence-electron chi connectivity index (χ4n) is 4.78. The van der Waals surface area contributed by atoms with Gasteiger partial charge in [-0.15, -0.1) is 0 Å². The lowest BCUT2D eigenvalue weighted by molar-refractivity contribution is -0.137. The number of rotatable bonds is 8. The summed E-state index contributed by atoms with van der Waals surface area (Å²) in [5.74, 6) is -1.08. The number of fused-ring (bicyclic) bond motifs is 1. The number of pyridine rings is 1. The van der Waals surface area contributed by atoms with Crippen molar-refractivity contribution in [3.63, 3.8) is 0 Å². The maximum Gasteiger partial charge on any atom is 0.416 e. The molecule has 0 saturated carbocycles. The number of aromatic nitrogens is 2. The van der Waals surface area contributed by atoms with Crippen LogP contribution in [-0.4, -0.2) is 52.9 Å². The Morgan fingerprint density at radius 3 is 2.60 bits per heavy atom. The molecule has 40 heavy (non-hydrogen) atoms. The Bertz CT molecular complexity index is 1540. The van der Waals surface area contributed by atoms with Crippen LogP contribution in [0.4, 0.5) is 30.2 Å². The molecule has 4 N–H and O–H groups in total. The average molecular weight is 551 g/mol. The molecule has 11 heteroatoms. The van der Waals surface area contributed by atoms with Crippen LogP contribution in [-0.2, 0) is 6.18 Å². The molecule has 8 nitrogen and oxygen atoms in total. The van der Waals surface area contributed by atoms with E-state index in [-0.39, 0.29) is 11.5 Å². The molecule has 0 aliphatic carbocycles. The van der Waals surface area contributed by atoms with Crippen molar-refractivity contribution in [2.45, 2.75) is 25.9 Å². The van der Waals surface area contributed by atoms with Crippen LogP contribution in [0, 0.1) is 6.92 Å². The molecule has 1 saturated heterocycles. The van der Waals surface area contributed by atoms with Crippen molar-refractivity contribution in [3.8, 4) is 0 Å². The van der Waals surface area contributed by atoms with Gasteiger partial charge in [-0.05, 0) is 74.8 Å². The van der Waals surface area contributed by atoms with Crippen LogP contribution in [0.15, 0.2) is 60.9 Å². The maximum absolute atomic E-state index is 13.5. The average Bonchev–Trinajstić information content (AvgIpc) is 3.62. The normalized spacial score (nSPS) is 13.9. The van der Waals surface area contributed by atoms with E-state index in [1.807, 2.05) is 6.07 Å². The van der Waals surface area contributed by atoms with Crippen molar-refractivity contribution < 1.29 is 22.8 Å². The number of benzene rings is 2. The zero-order chi connectivity index (χ0) is 28.3. The van der Waals surface area contributed by atoms with Gasteiger partial charge in [0.1, 0.15) is 5.65 Å². The second-order valence-electron chi connectivity index (χ2n) is 9.78. The summed E-state index contributed by atoms with van der Waals surface area (Å²) in [6, 6.07) is 11.0. The molecular formula is C29H29F3N6O2. The molecule has 208 valence electrons. The van der Waals surface area contributed by atoms with Crippen LogP contribution in [0.25, 0.3) is 11.0 Å². The first-order chi connectivity index (χ1) is 19.2. The van der Waals surface area contributed by atoms with Crippen molar-refractivity contribution >= 4 is 39.9 Å². The highest BCUT2D eigenvalue weighted by molar-refractivity contribution is 6.12. The van der Waals surface area contributed by atoms with Crippen LogP contribution in [0.1, 0.15) is 44.7 Å². The first-order valence-corrected chi connectivity index (χ1v) is 13.0. The second kappa shape index (κ2) is 11.4. The van der Waals surface area contributed by atoms with Crippen LogP contribution >= 0.6 is 0 Å². The first-order valence-electron chi connectivity index (χ1n) is 13.0. The molecule has 2 aromatic heterocycles. The summed E-state index contributed by atoms with van der Waals surface area (Å²) < 4.78 is 39.2. The summed E-state index contributed by atoms with van der Waals surface area (Å²) in [7, 11) is 0. The molecule has 0 unspecified atom stereocenters. The molecular weight excluding hydrogens is 521 g/mol. The third-order valence-corrected chi connectivity index (χ3v) is 6.96. The Morgan fingerprint density at radius 1 is 1.02 bits per heavy atom. The summed E-state index contributed by atoms with van der Waals surface area (Å²) >= 11 is 0. The molecule has 0 spiro atoms. The highest BCUT2D eigenvalue weighted by Crippen LogP contribution is 2.30. The number of carbonyl (C=O) groups excluding carboxylic acids is 2. The zero-order valence-corrected chi connectivity index (χ0v) is 21.9. The third kappa shape index (κ3) is 6.09. The number of likely N-dealkylation sites (tertiary alicyclic amines) is 1. The number of aryl methyl sites for hydroxylation is 1. The van der Waals surface area contributed by atoms with E-state index in [9.17, 15) is 22.8 Å². The summed E-state index contributed by atoms with van der Waals surface area (Å²) in [6.07, 6.45) is 1.12. The van der Waals surface area contributed by atoms with E-state index in [1.165, 1.54) is 31.2 Å². The monoisotopic (exact) mass is 550 g/mol. The Hall–Kier alpha value is -4.38. The Morgan fingerprint density at radius 2 is 1.82 bits per heavy atom. The Balaban J connectivity index is 1.33. The van der Waals surface area contributed by atoms with E-state index in [0.717, 1.165) is 42.7 Å². The molecule has 2 aromatic carbocycles. The van der Waals surface area contributed by atoms with Crippen molar-refractivity contribution in [2.24, 2.45) is 0 Å². The number of aromatic amines is 1. The van der Waals surface area contributed by atoms with Gasteiger partial charge in [-0.2, -0.15) is 13.2 Å². The van der Waals surface area contributed by atoms with Crippen LogP contribution < -0.4 is 16.0 Å². The number of amides is 2. The topological polar surface area (TPSA) is 102 Å². The van der Waals surface area contributed by atoms with E-state index >= 15 is 0 Å². The van der Waals surface area contributed by atoms with Gasteiger partial charge in [-0.1, -0.05) is 12.1 Å². The maximum atomic E-state index is 13.5. The van der Waals surface area contributed by atoms with E-state index in [0.29, 0.717) is 34.8 Å². The second-order valence-corrected chi connectivity index (χ2v) is 9.78. The van der Waals surface area contributed by atoms with Gasteiger partial charge in [-0.3, -0.25) is 9.59 Å².